The summed E-state index contributed by atoms with van der Waals surface area (Å²) in [5, 5.41) is 28.4. The highest BCUT2D eigenvalue weighted by Gasteiger charge is 2.62. The van der Waals surface area contributed by atoms with Gasteiger partial charge in [0.2, 0.25) is 0 Å². The molecule has 0 spiro atoms. The number of hydrogen-bond donors (Lipinski definition) is 3. The van der Waals surface area contributed by atoms with Crippen molar-refractivity contribution >= 4 is 17.7 Å². The van der Waals surface area contributed by atoms with Gasteiger partial charge in [0.15, 0.2) is 0 Å². The molecule has 8 aliphatic carbocycles. The number of rotatable bonds is 8. The van der Waals surface area contributed by atoms with Crippen LogP contribution in [0.4, 0.5) is 0 Å². The molecule has 8 fully saturated rings. The zero-order valence-electron chi connectivity index (χ0n) is 35.1. The van der Waals surface area contributed by atoms with Gasteiger partial charge >= 0.3 is 11.9 Å². The van der Waals surface area contributed by atoms with Gasteiger partial charge in [-0.3, -0.25) is 14.4 Å². The van der Waals surface area contributed by atoms with Crippen molar-refractivity contribution in [3.63, 3.8) is 0 Å². The Morgan fingerprint density at radius 3 is 1.54 bits per heavy atom. The molecule has 6 nitrogen and oxygen atoms in total. The van der Waals surface area contributed by atoms with E-state index in [1.807, 2.05) is 0 Å². The third-order valence-corrected chi connectivity index (χ3v) is 20.3. The number of aliphatic hydroxyl groups excluding tert-OH is 1. The number of Topliss-reactive ketones (excluding diaryl/α,β-unsaturated/α-hetero) is 1. The number of carboxylic acid groups (broad SMARTS) is 2. The first-order chi connectivity index (χ1) is 25.5. The SMILES string of the molecule is C[C@H](CCC(=O)O)[C@H]1CC[C@H]2[C@@H]3CC[C@@H]4CC(=O)CC[C@]4(C)[C@H]3CC[C@]12C.C[C@H](CCC(=O)O)[C@H]1CC[C@H]2[C@@H]3CC[C@@H]4C[C@H](O)CC[C@]4(C)[C@H]3CC[C@]12C. The summed E-state index contributed by atoms with van der Waals surface area (Å²) in [7, 11) is 0. The van der Waals surface area contributed by atoms with Crippen molar-refractivity contribution < 1.29 is 29.7 Å². The highest BCUT2D eigenvalue weighted by Crippen LogP contribution is 2.70. The average Bonchev–Trinajstić information content (AvgIpc) is 3.67. The minimum absolute atomic E-state index is 0.0561. The predicted octanol–water partition coefficient (Wildman–Crippen LogP) is 11.2. The standard InChI is InChI=1S/C24H40O3.C24H38O3/c2*1-15(4-9-22(26)27)19-7-8-20-18-6-5-16-14-17(25)10-12-23(16,2)21(18)11-13-24(19,20)3/h15-21,25H,4-14H2,1-3H3,(H,26,27);15-16,18-21H,4-14H2,1-3H3,(H,26,27)/t15-,16-,17-,18+,19-,20+,21+,23+,24-;15-,16-,18+,19-,20+,21+,23+,24-/m11/s1. The predicted molar refractivity (Wildman–Crippen MR) is 214 cm³/mol. The average molecular weight is 751 g/mol. The van der Waals surface area contributed by atoms with Crippen LogP contribution in [0.15, 0.2) is 0 Å². The van der Waals surface area contributed by atoms with Gasteiger partial charge in [-0.15, -0.1) is 0 Å². The molecule has 0 saturated heterocycles. The van der Waals surface area contributed by atoms with Crippen LogP contribution in [0, 0.1) is 92.7 Å². The van der Waals surface area contributed by atoms with E-state index in [0.29, 0.717) is 69.9 Å². The van der Waals surface area contributed by atoms with Gasteiger partial charge in [0, 0.05) is 25.7 Å². The van der Waals surface area contributed by atoms with E-state index in [4.69, 9.17) is 10.2 Å². The van der Waals surface area contributed by atoms with Crippen LogP contribution in [0.2, 0.25) is 0 Å². The summed E-state index contributed by atoms with van der Waals surface area (Å²) in [4.78, 5) is 34.1. The molecule has 0 heterocycles. The molecular weight excluding hydrogens is 673 g/mol. The van der Waals surface area contributed by atoms with Crippen molar-refractivity contribution in [2.45, 2.75) is 189 Å². The van der Waals surface area contributed by atoms with Gasteiger partial charge in [-0.25, -0.2) is 0 Å². The number of aliphatic carboxylic acids is 2. The van der Waals surface area contributed by atoms with E-state index >= 15 is 0 Å². The molecule has 0 bridgehead atoms. The Morgan fingerprint density at radius 2 is 1.04 bits per heavy atom. The van der Waals surface area contributed by atoms with Gasteiger partial charge < -0.3 is 15.3 Å². The number of carboxylic acids is 2. The molecule has 0 aromatic carbocycles. The summed E-state index contributed by atoms with van der Waals surface area (Å²) in [6.45, 7) is 14.8. The zero-order chi connectivity index (χ0) is 38.8. The van der Waals surface area contributed by atoms with Gasteiger partial charge in [-0.05, 0) is 208 Å². The van der Waals surface area contributed by atoms with Crippen molar-refractivity contribution in [3.05, 3.63) is 0 Å². The molecular formula is C48H78O6. The Bertz CT molecular complexity index is 1390. The maximum atomic E-state index is 12.0. The van der Waals surface area contributed by atoms with E-state index in [1.54, 1.807) is 0 Å². The van der Waals surface area contributed by atoms with E-state index in [1.165, 1.54) is 83.5 Å². The Kier molecular flexibility index (Phi) is 11.6. The van der Waals surface area contributed by atoms with Crippen LogP contribution in [0.1, 0.15) is 183 Å². The highest BCUT2D eigenvalue weighted by atomic mass is 16.4. The van der Waals surface area contributed by atoms with Crippen molar-refractivity contribution in [2.24, 2.45) is 92.7 Å². The van der Waals surface area contributed by atoms with Crippen LogP contribution < -0.4 is 0 Å². The summed E-state index contributed by atoms with van der Waals surface area (Å²) in [6.07, 6.45) is 24.3. The molecule has 0 aliphatic heterocycles. The Hall–Kier alpha value is -1.43. The molecule has 0 aromatic rings. The number of carbonyl (C=O) groups is 3. The van der Waals surface area contributed by atoms with Crippen LogP contribution in [-0.2, 0) is 14.4 Å². The van der Waals surface area contributed by atoms with Crippen molar-refractivity contribution in [1.29, 1.82) is 0 Å². The lowest BCUT2D eigenvalue weighted by Crippen LogP contribution is -2.54. The van der Waals surface area contributed by atoms with E-state index in [0.717, 1.165) is 86.4 Å². The van der Waals surface area contributed by atoms with Gasteiger partial charge in [-0.2, -0.15) is 0 Å². The number of aliphatic hydroxyl groups is 1. The smallest absolute Gasteiger partial charge is 0.303 e. The minimum atomic E-state index is -0.650. The van der Waals surface area contributed by atoms with Gasteiger partial charge in [0.25, 0.3) is 0 Å². The normalized spacial score (nSPS) is 49.0. The zero-order valence-corrected chi connectivity index (χ0v) is 35.1. The summed E-state index contributed by atoms with van der Waals surface area (Å²) in [6, 6.07) is 0. The highest BCUT2D eigenvalue weighted by molar-refractivity contribution is 5.79. The number of hydrogen-bond acceptors (Lipinski definition) is 4. The second-order valence-corrected chi connectivity index (χ2v) is 22.3. The molecule has 0 radical (unpaired) electrons. The van der Waals surface area contributed by atoms with Gasteiger partial charge in [0.05, 0.1) is 6.10 Å². The maximum absolute atomic E-state index is 12.0. The number of fused-ring (bicyclic) bond motifs is 10. The Balaban J connectivity index is 0.000000167. The molecule has 0 unspecified atom stereocenters. The minimum Gasteiger partial charge on any atom is -0.481 e. The quantitative estimate of drug-likeness (QED) is 0.228. The first kappa shape index (κ1) is 40.8. The van der Waals surface area contributed by atoms with Crippen LogP contribution in [0.5, 0.6) is 0 Å². The molecule has 0 amide bonds. The Labute approximate surface area is 328 Å². The Morgan fingerprint density at radius 1 is 0.593 bits per heavy atom. The molecule has 0 aromatic heterocycles. The van der Waals surface area contributed by atoms with Crippen molar-refractivity contribution in [2.75, 3.05) is 0 Å². The third kappa shape index (κ3) is 7.07. The topological polar surface area (TPSA) is 112 Å². The fourth-order valence-electron chi connectivity index (χ4n) is 17.3. The second kappa shape index (κ2) is 15.4. The maximum Gasteiger partial charge on any atom is 0.303 e. The van der Waals surface area contributed by atoms with E-state index in [9.17, 15) is 19.5 Å². The first-order valence-electron chi connectivity index (χ1n) is 23.1. The van der Waals surface area contributed by atoms with Gasteiger partial charge in [-0.1, -0.05) is 41.5 Å². The summed E-state index contributed by atoms with van der Waals surface area (Å²) in [5.41, 5.74) is 1.69. The molecule has 17 atom stereocenters. The van der Waals surface area contributed by atoms with Crippen molar-refractivity contribution in [3.8, 4) is 0 Å². The largest absolute Gasteiger partial charge is 0.481 e. The van der Waals surface area contributed by atoms with Crippen LogP contribution in [0.25, 0.3) is 0 Å². The summed E-state index contributed by atoms with van der Waals surface area (Å²) in [5.74, 6) is 8.09. The number of ketones is 1. The molecule has 8 saturated carbocycles. The lowest BCUT2D eigenvalue weighted by Gasteiger charge is -2.61. The van der Waals surface area contributed by atoms with Crippen LogP contribution in [-0.4, -0.2) is 39.1 Å². The molecule has 8 rings (SSSR count). The second-order valence-electron chi connectivity index (χ2n) is 22.3. The monoisotopic (exact) mass is 751 g/mol. The van der Waals surface area contributed by atoms with Crippen LogP contribution >= 0.6 is 0 Å². The van der Waals surface area contributed by atoms with Crippen LogP contribution in [0.3, 0.4) is 0 Å². The summed E-state index contributed by atoms with van der Waals surface area (Å²) < 4.78 is 0. The van der Waals surface area contributed by atoms with E-state index in [-0.39, 0.29) is 6.10 Å². The first-order valence-corrected chi connectivity index (χ1v) is 23.1. The summed E-state index contributed by atoms with van der Waals surface area (Å²) >= 11 is 0. The lowest BCUT2D eigenvalue weighted by atomic mass is 9.44. The molecule has 306 valence electrons. The van der Waals surface area contributed by atoms with E-state index < -0.39 is 11.9 Å². The van der Waals surface area contributed by atoms with E-state index in [2.05, 4.69) is 41.5 Å². The molecule has 54 heavy (non-hydrogen) atoms. The molecule has 8 aliphatic rings. The molecule has 6 heteroatoms. The molecule has 3 N–H and O–H groups in total. The third-order valence-electron chi connectivity index (χ3n) is 20.3. The van der Waals surface area contributed by atoms with Gasteiger partial charge in [0.1, 0.15) is 5.78 Å². The lowest BCUT2D eigenvalue weighted by molar-refractivity contribution is -0.140. The fraction of sp³-hybridized carbons (Fsp3) is 0.938. The fourth-order valence-corrected chi connectivity index (χ4v) is 17.3. The van der Waals surface area contributed by atoms with Crippen molar-refractivity contribution in [1.82, 2.24) is 0 Å². The number of carbonyl (C=O) groups excluding carboxylic acids is 1.